The van der Waals surface area contributed by atoms with Crippen LogP contribution in [-0.4, -0.2) is 47.3 Å². The third-order valence-corrected chi connectivity index (χ3v) is 7.14. The fourth-order valence-corrected chi connectivity index (χ4v) is 5.52. The van der Waals surface area contributed by atoms with Gasteiger partial charge in [-0.2, -0.15) is 0 Å². The van der Waals surface area contributed by atoms with Crippen molar-refractivity contribution in [3.05, 3.63) is 89.1 Å². The van der Waals surface area contributed by atoms with Crippen LogP contribution in [-0.2, 0) is 16.0 Å². The lowest BCUT2D eigenvalue weighted by Gasteiger charge is -2.32. The molecule has 2 aliphatic rings. The van der Waals surface area contributed by atoms with Gasteiger partial charge in [-0.15, -0.1) is 0 Å². The van der Waals surface area contributed by atoms with Gasteiger partial charge in [0.1, 0.15) is 12.4 Å². The Labute approximate surface area is 201 Å². The molecule has 35 heavy (non-hydrogen) atoms. The zero-order valence-electron chi connectivity index (χ0n) is 19.2. The molecule has 1 amide bonds. The van der Waals surface area contributed by atoms with Crippen LogP contribution in [0.2, 0.25) is 0 Å². The Balaban J connectivity index is 1.28. The molecule has 1 atom stereocenters. The Morgan fingerprint density at radius 2 is 1.71 bits per heavy atom. The summed E-state index contributed by atoms with van der Waals surface area (Å²) in [7, 11) is 1.60. The first-order valence-electron chi connectivity index (χ1n) is 11.6. The van der Waals surface area contributed by atoms with Crippen LogP contribution < -0.4 is 4.74 Å². The van der Waals surface area contributed by atoms with Crippen LogP contribution in [0.25, 0.3) is 22.0 Å². The van der Waals surface area contributed by atoms with Crippen LogP contribution >= 0.6 is 0 Å². The van der Waals surface area contributed by atoms with Gasteiger partial charge in [0.25, 0.3) is 0 Å². The zero-order chi connectivity index (χ0) is 24.1. The first-order valence-corrected chi connectivity index (χ1v) is 11.6. The molecule has 176 valence electrons. The number of rotatable bonds is 4. The van der Waals surface area contributed by atoms with Gasteiger partial charge in [0.2, 0.25) is 0 Å². The van der Waals surface area contributed by atoms with Crippen molar-refractivity contribution in [3.8, 4) is 16.9 Å². The number of methoxy groups -OCH3 is 1. The maximum Gasteiger partial charge on any atom is 0.410 e. The van der Waals surface area contributed by atoms with Crippen molar-refractivity contribution in [2.24, 2.45) is 0 Å². The predicted molar refractivity (Wildman–Crippen MR) is 131 cm³/mol. The molecular formula is C28H24N2O5. The van der Waals surface area contributed by atoms with Crippen molar-refractivity contribution >= 4 is 23.0 Å². The van der Waals surface area contributed by atoms with Gasteiger partial charge in [-0.1, -0.05) is 48.5 Å². The number of hydrogen-bond donors (Lipinski definition) is 2. The van der Waals surface area contributed by atoms with Gasteiger partial charge in [0.15, 0.2) is 6.04 Å². The molecule has 0 bridgehead atoms. The van der Waals surface area contributed by atoms with E-state index in [-0.39, 0.29) is 19.1 Å². The van der Waals surface area contributed by atoms with Gasteiger partial charge < -0.3 is 19.6 Å². The highest BCUT2D eigenvalue weighted by molar-refractivity contribution is 5.91. The normalized spacial score (nSPS) is 16.5. The third-order valence-electron chi connectivity index (χ3n) is 7.14. The predicted octanol–water partition coefficient (Wildman–Crippen LogP) is 5.11. The Morgan fingerprint density at radius 1 is 1.03 bits per heavy atom. The number of amides is 1. The molecule has 6 rings (SSSR count). The first-order chi connectivity index (χ1) is 17.1. The number of carbonyl (C=O) groups excluding carboxylic acids is 1. The summed E-state index contributed by atoms with van der Waals surface area (Å²) in [5.41, 5.74) is 6.74. The molecule has 0 saturated heterocycles. The van der Waals surface area contributed by atoms with Crippen molar-refractivity contribution in [1.29, 1.82) is 0 Å². The summed E-state index contributed by atoms with van der Waals surface area (Å²) in [6.07, 6.45) is -0.0997. The van der Waals surface area contributed by atoms with Gasteiger partial charge >= 0.3 is 12.1 Å². The Morgan fingerprint density at radius 3 is 2.37 bits per heavy atom. The molecule has 0 saturated carbocycles. The number of aliphatic carboxylic acids is 1. The lowest BCUT2D eigenvalue weighted by molar-refractivity contribution is -0.143. The maximum absolute atomic E-state index is 13.2. The molecule has 1 aliphatic heterocycles. The standard InChI is InChI=1S/C28H24N2O5/c1-34-16-10-11-24-22(14-16)21-12-13-30(26(27(31)32)25(21)29-24)28(33)35-15-23-19-8-4-2-6-17(19)18-7-3-5-9-20(18)23/h2-11,14,23,26,29H,12-13,15H2,1H3,(H,31,32). The van der Waals surface area contributed by atoms with Crippen LogP contribution in [0, 0.1) is 0 Å². The first kappa shape index (κ1) is 21.3. The quantitative estimate of drug-likeness (QED) is 0.434. The molecule has 0 radical (unpaired) electrons. The van der Waals surface area contributed by atoms with Crippen molar-refractivity contribution in [1.82, 2.24) is 9.88 Å². The van der Waals surface area contributed by atoms with E-state index in [1.54, 1.807) is 7.11 Å². The molecule has 2 heterocycles. The molecule has 1 aromatic heterocycles. The van der Waals surface area contributed by atoms with E-state index in [0.29, 0.717) is 17.9 Å². The van der Waals surface area contributed by atoms with Gasteiger partial charge in [-0.25, -0.2) is 9.59 Å². The van der Waals surface area contributed by atoms with Crippen molar-refractivity contribution < 1.29 is 24.2 Å². The molecular weight excluding hydrogens is 444 g/mol. The molecule has 1 unspecified atom stereocenters. The second-order valence-corrected chi connectivity index (χ2v) is 8.92. The maximum atomic E-state index is 13.2. The number of carboxylic acids is 1. The molecule has 3 aromatic carbocycles. The smallest absolute Gasteiger partial charge is 0.410 e. The molecule has 7 nitrogen and oxygen atoms in total. The number of carbonyl (C=O) groups is 2. The minimum atomic E-state index is -1.15. The Kier molecular flexibility index (Phi) is 4.99. The van der Waals surface area contributed by atoms with E-state index in [9.17, 15) is 14.7 Å². The number of H-pyrrole nitrogens is 1. The lowest BCUT2D eigenvalue weighted by atomic mass is 9.97. The number of aromatic nitrogens is 1. The average molecular weight is 469 g/mol. The zero-order valence-corrected chi connectivity index (χ0v) is 19.2. The van der Waals surface area contributed by atoms with Crippen molar-refractivity contribution in [2.45, 2.75) is 18.4 Å². The number of fused-ring (bicyclic) bond motifs is 6. The minimum absolute atomic E-state index is 0.0875. The summed E-state index contributed by atoms with van der Waals surface area (Å²) in [6, 6.07) is 20.7. The SMILES string of the molecule is COc1ccc2[nH]c3c(c2c1)CCN(C(=O)OCC1c2ccccc2-c2ccccc21)C3C(=O)O. The second-order valence-electron chi connectivity index (χ2n) is 8.92. The number of nitrogens with one attached hydrogen (secondary N) is 1. The number of nitrogens with zero attached hydrogens (tertiary/aromatic N) is 1. The van der Waals surface area contributed by atoms with Gasteiger partial charge in [0.05, 0.1) is 12.8 Å². The van der Waals surface area contributed by atoms with Crippen LogP contribution in [0.3, 0.4) is 0 Å². The summed E-state index contributed by atoms with van der Waals surface area (Å²) in [6.45, 7) is 0.400. The van der Waals surface area contributed by atoms with Crippen LogP contribution in [0.5, 0.6) is 5.75 Å². The topological polar surface area (TPSA) is 91.9 Å². The highest BCUT2D eigenvalue weighted by atomic mass is 16.6. The molecule has 0 spiro atoms. The van der Waals surface area contributed by atoms with E-state index in [4.69, 9.17) is 9.47 Å². The van der Waals surface area contributed by atoms with E-state index in [2.05, 4.69) is 29.2 Å². The fourth-order valence-electron chi connectivity index (χ4n) is 5.52. The summed E-state index contributed by atoms with van der Waals surface area (Å²) in [4.78, 5) is 30.1. The number of hydrogen-bond acceptors (Lipinski definition) is 4. The van der Waals surface area contributed by atoms with E-state index < -0.39 is 18.1 Å². The number of carboxylic acid groups (broad SMARTS) is 1. The van der Waals surface area contributed by atoms with E-state index in [1.807, 2.05) is 42.5 Å². The molecule has 1 aliphatic carbocycles. The van der Waals surface area contributed by atoms with Crippen LogP contribution in [0.15, 0.2) is 66.7 Å². The molecule has 2 N–H and O–H groups in total. The summed E-state index contributed by atoms with van der Waals surface area (Å²) < 4.78 is 11.1. The Bertz CT molecular complexity index is 1430. The lowest BCUT2D eigenvalue weighted by Crippen LogP contribution is -2.44. The van der Waals surface area contributed by atoms with E-state index in [0.717, 1.165) is 38.7 Å². The average Bonchev–Trinajstić information content (AvgIpc) is 3.41. The summed E-state index contributed by atoms with van der Waals surface area (Å²) in [5.74, 6) is -0.487. The van der Waals surface area contributed by atoms with Gasteiger partial charge in [-0.05, 0) is 52.4 Å². The molecule has 7 heteroatoms. The number of aromatic amines is 1. The van der Waals surface area contributed by atoms with Gasteiger partial charge in [0, 0.05) is 23.4 Å². The summed E-state index contributed by atoms with van der Waals surface area (Å²) >= 11 is 0. The summed E-state index contributed by atoms with van der Waals surface area (Å²) in [5, 5.41) is 11.0. The molecule has 0 fully saturated rings. The van der Waals surface area contributed by atoms with Crippen molar-refractivity contribution in [3.63, 3.8) is 0 Å². The monoisotopic (exact) mass is 468 g/mol. The van der Waals surface area contributed by atoms with E-state index in [1.165, 1.54) is 4.90 Å². The number of benzene rings is 3. The van der Waals surface area contributed by atoms with Crippen LogP contribution in [0.4, 0.5) is 4.79 Å². The van der Waals surface area contributed by atoms with Crippen molar-refractivity contribution in [2.75, 3.05) is 20.3 Å². The van der Waals surface area contributed by atoms with E-state index >= 15 is 0 Å². The Hall–Kier alpha value is -4.26. The highest BCUT2D eigenvalue weighted by Gasteiger charge is 2.40. The molecule has 4 aromatic rings. The second kappa shape index (κ2) is 8.20. The largest absolute Gasteiger partial charge is 0.497 e. The third kappa shape index (κ3) is 3.34. The number of ether oxygens (including phenoxy) is 2. The fraction of sp³-hybridized carbons (Fsp3) is 0.214. The van der Waals surface area contributed by atoms with Crippen LogP contribution in [0.1, 0.15) is 34.3 Å². The van der Waals surface area contributed by atoms with Gasteiger partial charge in [-0.3, -0.25) is 4.90 Å². The minimum Gasteiger partial charge on any atom is -0.497 e. The highest BCUT2D eigenvalue weighted by Crippen LogP contribution is 2.45.